The number of aromatic amines is 1. The fraction of sp³-hybridized carbons (Fsp3) is 0.200. The number of halogens is 1. The van der Waals surface area contributed by atoms with Crippen LogP contribution in [0.15, 0.2) is 60.8 Å². The van der Waals surface area contributed by atoms with E-state index in [0.717, 1.165) is 44.4 Å². The van der Waals surface area contributed by atoms with E-state index in [0.29, 0.717) is 0 Å². The third-order valence-corrected chi connectivity index (χ3v) is 4.75. The van der Waals surface area contributed by atoms with Gasteiger partial charge < -0.3 is 10.3 Å². The summed E-state index contributed by atoms with van der Waals surface area (Å²) in [7, 11) is 1.83. The van der Waals surface area contributed by atoms with Gasteiger partial charge in [0, 0.05) is 29.4 Å². The Bertz CT molecular complexity index is 1150. The molecule has 4 aromatic rings. The van der Waals surface area contributed by atoms with Crippen LogP contribution in [0.3, 0.4) is 0 Å². The van der Waals surface area contributed by atoms with Crippen molar-refractivity contribution in [1.29, 1.82) is 0 Å². The molecule has 0 saturated heterocycles. The average Bonchev–Trinajstić information content (AvgIpc) is 3.21. The van der Waals surface area contributed by atoms with Gasteiger partial charge in [-0.3, -0.25) is 0 Å². The minimum absolute atomic E-state index is 0.722. The molecule has 0 spiro atoms. The van der Waals surface area contributed by atoms with Crippen molar-refractivity contribution in [1.82, 2.24) is 15.0 Å². The molecule has 30 heavy (non-hydrogen) atoms. The van der Waals surface area contributed by atoms with Gasteiger partial charge in [-0.25, -0.2) is 9.97 Å². The maximum absolute atomic E-state index is 5.93. The molecule has 0 aliphatic rings. The number of fused-ring (bicyclic) bond motifs is 1. The smallest absolute Gasteiger partial charge is 0.200 e. The summed E-state index contributed by atoms with van der Waals surface area (Å²) in [6.07, 6.45) is 4.46. The Hall–Kier alpha value is -3.29. The van der Waals surface area contributed by atoms with E-state index in [2.05, 4.69) is 46.0 Å². The SMILES string of the molecule is CCCC.CNc1nc2ccc(C#Cc3ccc(-c4ccc(Cl)cc4)cn3)cc2[nH]1. The first-order valence-corrected chi connectivity index (χ1v) is 10.4. The number of rotatable bonds is 3. The van der Waals surface area contributed by atoms with Crippen molar-refractivity contribution in [3.63, 3.8) is 0 Å². The van der Waals surface area contributed by atoms with E-state index in [1.165, 1.54) is 12.8 Å². The van der Waals surface area contributed by atoms with Crippen LogP contribution in [0, 0.1) is 11.8 Å². The summed E-state index contributed by atoms with van der Waals surface area (Å²) < 4.78 is 0. The lowest BCUT2D eigenvalue weighted by Crippen LogP contribution is -1.88. The molecule has 4 rings (SSSR count). The van der Waals surface area contributed by atoms with Crippen LogP contribution < -0.4 is 5.32 Å². The van der Waals surface area contributed by atoms with Gasteiger partial charge in [-0.1, -0.05) is 62.4 Å². The van der Waals surface area contributed by atoms with Gasteiger partial charge in [0.05, 0.1) is 11.0 Å². The summed E-state index contributed by atoms with van der Waals surface area (Å²) in [6, 6.07) is 17.5. The van der Waals surface area contributed by atoms with Crippen molar-refractivity contribution < 1.29 is 0 Å². The van der Waals surface area contributed by atoms with Gasteiger partial charge in [0.2, 0.25) is 5.95 Å². The third kappa shape index (κ3) is 5.62. The van der Waals surface area contributed by atoms with Crippen molar-refractivity contribution >= 4 is 28.6 Å². The largest absolute Gasteiger partial charge is 0.359 e. The second kappa shape index (κ2) is 10.5. The molecule has 0 bridgehead atoms. The number of nitrogens with zero attached hydrogens (tertiary/aromatic N) is 2. The Morgan fingerprint density at radius 1 is 0.933 bits per heavy atom. The molecule has 0 fully saturated rings. The highest BCUT2D eigenvalue weighted by Gasteiger charge is 2.01. The molecule has 0 unspecified atom stereocenters. The van der Waals surface area contributed by atoms with E-state index in [9.17, 15) is 0 Å². The third-order valence-electron chi connectivity index (χ3n) is 4.49. The van der Waals surface area contributed by atoms with Crippen molar-refractivity contribution in [3.05, 3.63) is 77.1 Å². The number of H-pyrrole nitrogens is 1. The fourth-order valence-electron chi connectivity index (χ4n) is 2.62. The summed E-state index contributed by atoms with van der Waals surface area (Å²) in [6.45, 7) is 4.36. The summed E-state index contributed by atoms with van der Waals surface area (Å²) in [4.78, 5) is 12.0. The zero-order valence-electron chi connectivity index (χ0n) is 17.5. The van der Waals surface area contributed by atoms with Gasteiger partial charge in [0.1, 0.15) is 5.69 Å². The molecular weight excluding hydrogens is 392 g/mol. The fourth-order valence-corrected chi connectivity index (χ4v) is 2.75. The predicted molar refractivity (Wildman–Crippen MR) is 127 cm³/mol. The molecule has 152 valence electrons. The van der Waals surface area contributed by atoms with E-state index in [4.69, 9.17) is 11.6 Å². The first-order valence-electron chi connectivity index (χ1n) is 10.0. The van der Waals surface area contributed by atoms with Crippen molar-refractivity contribution in [2.24, 2.45) is 0 Å². The maximum atomic E-state index is 5.93. The molecule has 0 radical (unpaired) electrons. The van der Waals surface area contributed by atoms with E-state index >= 15 is 0 Å². The monoisotopic (exact) mass is 416 g/mol. The standard InChI is InChI=1S/C21H15ClN4.C4H10/c1-23-21-25-19-11-3-14(12-20(19)26-21)2-9-18-10-6-16(13-24-18)15-4-7-17(22)8-5-15;1-3-4-2/h3-8,10-13H,1H3,(H2,23,25,26);3-4H2,1-2H3. The van der Waals surface area contributed by atoms with Crippen LogP contribution in [0.1, 0.15) is 37.9 Å². The number of benzene rings is 2. The molecule has 2 aromatic carbocycles. The lowest BCUT2D eigenvalue weighted by atomic mass is 10.1. The molecule has 2 N–H and O–H groups in total. The highest BCUT2D eigenvalue weighted by Crippen LogP contribution is 2.21. The number of aromatic nitrogens is 3. The predicted octanol–water partition coefficient (Wildman–Crippen LogP) is 6.53. The Labute approximate surface area is 182 Å². The zero-order chi connectivity index (χ0) is 21.3. The molecule has 0 amide bonds. The van der Waals surface area contributed by atoms with Crippen LogP contribution in [-0.2, 0) is 0 Å². The number of pyridine rings is 1. The van der Waals surface area contributed by atoms with Gasteiger partial charge in [-0.15, -0.1) is 0 Å². The van der Waals surface area contributed by atoms with E-state index in [1.54, 1.807) is 0 Å². The lowest BCUT2D eigenvalue weighted by molar-refractivity contribution is 0.886. The second-order valence-electron chi connectivity index (χ2n) is 6.76. The Balaban J connectivity index is 0.000000589. The number of anilines is 1. The van der Waals surface area contributed by atoms with Gasteiger partial charge in [-0.05, 0) is 47.9 Å². The van der Waals surface area contributed by atoms with Crippen LogP contribution in [0.2, 0.25) is 5.02 Å². The normalized spacial score (nSPS) is 10.0. The molecule has 2 heterocycles. The number of nitrogens with one attached hydrogen (secondary N) is 2. The number of hydrogen-bond acceptors (Lipinski definition) is 3. The molecule has 0 atom stereocenters. The Kier molecular flexibility index (Phi) is 7.48. The first-order chi connectivity index (χ1) is 14.6. The summed E-state index contributed by atoms with van der Waals surface area (Å²) >= 11 is 5.93. The molecule has 0 aliphatic carbocycles. The van der Waals surface area contributed by atoms with Crippen LogP contribution >= 0.6 is 11.6 Å². The number of unbranched alkanes of at least 4 members (excludes halogenated alkanes) is 1. The molecular formula is C25H25ClN4. The van der Waals surface area contributed by atoms with Gasteiger partial charge in [-0.2, -0.15) is 0 Å². The van der Waals surface area contributed by atoms with Gasteiger partial charge in [0.15, 0.2) is 0 Å². The number of imidazole rings is 1. The molecule has 5 heteroatoms. The Morgan fingerprint density at radius 3 is 2.30 bits per heavy atom. The van der Waals surface area contributed by atoms with Crippen molar-refractivity contribution in [2.45, 2.75) is 26.7 Å². The number of hydrogen-bond donors (Lipinski definition) is 2. The van der Waals surface area contributed by atoms with E-state index < -0.39 is 0 Å². The van der Waals surface area contributed by atoms with Gasteiger partial charge >= 0.3 is 0 Å². The summed E-state index contributed by atoms with van der Waals surface area (Å²) in [5.74, 6) is 6.99. The lowest BCUT2D eigenvalue weighted by Gasteiger charge is -2.01. The van der Waals surface area contributed by atoms with Crippen LogP contribution in [0.4, 0.5) is 5.95 Å². The second-order valence-corrected chi connectivity index (χ2v) is 7.19. The molecule has 4 nitrogen and oxygen atoms in total. The van der Waals surface area contributed by atoms with Crippen LogP contribution in [0.25, 0.3) is 22.2 Å². The highest BCUT2D eigenvalue weighted by molar-refractivity contribution is 6.30. The molecule has 0 aliphatic heterocycles. The Morgan fingerprint density at radius 2 is 1.67 bits per heavy atom. The van der Waals surface area contributed by atoms with Crippen molar-refractivity contribution in [3.8, 4) is 23.0 Å². The maximum Gasteiger partial charge on any atom is 0.200 e. The molecule has 0 saturated carbocycles. The summed E-state index contributed by atoms with van der Waals surface area (Å²) in [5.41, 5.74) is 5.60. The van der Waals surface area contributed by atoms with E-state index in [-0.39, 0.29) is 0 Å². The van der Waals surface area contributed by atoms with Crippen molar-refractivity contribution in [2.75, 3.05) is 12.4 Å². The zero-order valence-corrected chi connectivity index (χ0v) is 18.2. The van der Waals surface area contributed by atoms with E-state index in [1.807, 2.05) is 67.8 Å². The summed E-state index contributed by atoms with van der Waals surface area (Å²) in [5, 5.41) is 3.72. The first kappa shape index (κ1) is 21.4. The van der Waals surface area contributed by atoms with Crippen LogP contribution in [-0.4, -0.2) is 22.0 Å². The van der Waals surface area contributed by atoms with Crippen LogP contribution in [0.5, 0.6) is 0 Å². The highest BCUT2D eigenvalue weighted by atomic mass is 35.5. The minimum atomic E-state index is 0.722. The quantitative estimate of drug-likeness (QED) is 0.373. The minimum Gasteiger partial charge on any atom is -0.359 e. The average molecular weight is 417 g/mol. The molecule has 2 aromatic heterocycles. The topological polar surface area (TPSA) is 53.6 Å². The van der Waals surface area contributed by atoms with Gasteiger partial charge in [0.25, 0.3) is 0 Å².